The Labute approximate surface area is 122 Å². The highest BCUT2D eigenvalue weighted by Crippen LogP contribution is 2.48. The molecule has 4 nitrogen and oxygen atoms in total. The molecular formula is C15H17NO3S. The van der Waals surface area contributed by atoms with Crippen LogP contribution in [0.4, 0.5) is 0 Å². The van der Waals surface area contributed by atoms with Gasteiger partial charge < -0.3 is 10.1 Å². The van der Waals surface area contributed by atoms with Gasteiger partial charge >= 0.3 is 5.97 Å². The van der Waals surface area contributed by atoms with Gasteiger partial charge in [0.05, 0.1) is 6.61 Å². The summed E-state index contributed by atoms with van der Waals surface area (Å²) in [4.78, 5) is 25.3. The molecule has 2 atom stereocenters. The molecule has 0 aromatic heterocycles. The minimum Gasteiger partial charge on any atom is -0.464 e. The number of esters is 1. The molecular weight excluding hydrogens is 274 g/mol. The van der Waals surface area contributed by atoms with Crippen LogP contribution in [-0.2, 0) is 19.7 Å². The fourth-order valence-corrected chi connectivity index (χ4v) is 4.50. The van der Waals surface area contributed by atoms with E-state index in [0.29, 0.717) is 13.0 Å². The van der Waals surface area contributed by atoms with Crippen LogP contribution in [-0.4, -0.2) is 30.3 Å². The second-order valence-electron chi connectivity index (χ2n) is 5.18. The number of carbonyl (C=O) groups is 2. The summed E-state index contributed by atoms with van der Waals surface area (Å²) in [6.45, 7) is 2.11. The van der Waals surface area contributed by atoms with Gasteiger partial charge in [0.2, 0.25) is 5.91 Å². The summed E-state index contributed by atoms with van der Waals surface area (Å²) >= 11 is 1.79. The number of hydrogen-bond donors (Lipinski definition) is 1. The number of nitrogens with one attached hydrogen (secondary N) is 1. The van der Waals surface area contributed by atoms with Crippen molar-refractivity contribution in [3.63, 3.8) is 0 Å². The molecule has 3 rings (SSSR count). The Morgan fingerprint density at radius 3 is 3.10 bits per heavy atom. The lowest BCUT2D eigenvalue weighted by Crippen LogP contribution is -2.48. The molecule has 0 radical (unpaired) electrons. The monoisotopic (exact) mass is 291 g/mol. The van der Waals surface area contributed by atoms with Crippen molar-refractivity contribution in [3.05, 3.63) is 29.8 Å². The maximum Gasteiger partial charge on any atom is 0.329 e. The molecule has 1 amide bonds. The average Bonchev–Trinajstić information content (AvgIpc) is 2.77. The Bertz CT molecular complexity index is 560. The molecule has 20 heavy (non-hydrogen) atoms. The molecule has 1 aromatic carbocycles. The maximum absolute atomic E-state index is 12.2. The van der Waals surface area contributed by atoms with Gasteiger partial charge in [-0.25, -0.2) is 4.79 Å². The molecule has 0 saturated carbocycles. The zero-order valence-corrected chi connectivity index (χ0v) is 12.2. The van der Waals surface area contributed by atoms with Crippen molar-refractivity contribution in [2.45, 2.75) is 36.1 Å². The third-order valence-electron chi connectivity index (χ3n) is 4.09. The number of hydrogen-bond acceptors (Lipinski definition) is 4. The van der Waals surface area contributed by atoms with Gasteiger partial charge in [0.25, 0.3) is 0 Å². The van der Waals surface area contributed by atoms with Crippen molar-refractivity contribution < 1.29 is 14.3 Å². The van der Waals surface area contributed by atoms with Crippen LogP contribution in [0.25, 0.3) is 0 Å². The number of fused-ring (bicyclic) bond motifs is 2. The topological polar surface area (TPSA) is 55.4 Å². The molecule has 5 heteroatoms. The summed E-state index contributed by atoms with van der Waals surface area (Å²) in [7, 11) is 0. The number of amides is 1. The van der Waals surface area contributed by atoms with Gasteiger partial charge in [0.15, 0.2) is 0 Å². The van der Waals surface area contributed by atoms with Crippen LogP contribution in [0.15, 0.2) is 29.2 Å². The van der Waals surface area contributed by atoms with Crippen LogP contribution in [0.5, 0.6) is 0 Å². The molecule has 1 saturated heterocycles. The lowest BCUT2D eigenvalue weighted by atomic mass is 9.71. The largest absolute Gasteiger partial charge is 0.464 e. The molecule has 2 heterocycles. The predicted molar refractivity (Wildman–Crippen MR) is 76.6 cm³/mol. The summed E-state index contributed by atoms with van der Waals surface area (Å²) < 4.78 is 5.16. The van der Waals surface area contributed by atoms with E-state index in [-0.39, 0.29) is 11.9 Å². The van der Waals surface area contributed by atoms with Gasteiger partial charge in [0, 0.05) is 16.7 Å². The number of thioether (sulfide) groups is 1. The second kappa shape index (κ2) is 5.13. The maximum atomic E-state index is 12.2. The number of rotatable bonds is 2. The van der Waals surface area contributed by atoms with E-state index in [2.05, 4.69) is 11.4 Å². The molecule has 0 bridgehead atoms. The average molecular weight is 291 g/mol. The lowest BCUT2D eigenvalue weighted by Gasteiger charge is -2.37. The quantitative estimate of drug-likeness (QED) is 0.845. The summed E-state index contributed by atoms with van der Waals surface area (Å²) in [5, 5.41) is 2.82. The highest BCUT2D eigenvalue weighted by atomic mass is 32.2. The highest BCUT2D eigenvalue weighted by Gasteiger charge is 2.54. The number of ether oxygens (including phenoxy) is 1. The summed E-state index contributed by atoms with van der Waals surface area (Å²) in [6.07, 6.45) is 1.19. The molecule has 2 unspecified atom stereocenters. The minimum atomic E-state index is -0.558. The Balaban J connectivity index is 2.06. The van der Waals surface area contributed by atoms with Gasteiger partial charge in [-0.2, -0.15) is 0 Å². The summed E-state index contributed by atoms with van der Waals surface area (Å²) in [5.74, 6) is 0.534. The number of benzene rings is 1. The van der Waals surface area contributed by atoms with Crippen molar-refractivity contribution in [2.75, 3.05) is 12.4 Å². The SMILES string of the molecule is CCOC(=O)C1NC(=O)CC12CCSc1ccccc12. The fourth-order valence-electron chi connectivity index (χ4n) is 3.21. The standard InChI is InChI=1S/C15H17NO3S/c1-2-19-14(18)13-15(9-12(17)16-13)7-8-20-11-6-4-3-5-10(11)15/h3-6,13H,2,7-9H2,1H3,(H,16,17). The van der Waals surface area contributed by atoms with Crippen LogP contribution in [0.3, 0.4) is 0 Å². The van der Waals surface area contributed by atoms with Gasteiger partial charge in [-0.15, -0.1) is 11.8 Å². The molecule has 2 aliphatic rings. The molecule has 2 aliphatic heterocycles. The molecule has 1 N–H and O–H groups in total. The van der Waals surface area contributed by atoms with E-state index >= 15 is 0 Å². The normalized spacial score (nSPS) is 28.1. The Hall–Kier alpha value is -1.49. The van der Waals surface area contributed by atoms with E-state index in [1.807, 2.05) is 18.2 Å². The van der Waals surface area contributed by atoms with Crippen LogP contribution in [0.1, 0.15) is 25.3 Å². The third-order valence-corrected chi connectivity index (χ3v) is 5.16. The van der Waals surface area contributed by atoms with E-state index < -0.39 is 11.5 Å². The van der Waals surface area contributed by atoms with Crippen molar-refractivity contribution in [2.24, 2.45) is 0 Å². The van der Waals surface area contributed by atoms with Crippen molar-refractivity contribution in [1.82, 2.24) is 5.32 Å². The Morgan fingerprint density at radius 1 is 1.50 bits per heavy atom. The smallest absolute Gasteiger partial charge is 0.329 e. The van der Waals surface area contributed by atoms with Crippen LogP contribution >= 0.6 is 11.8 Å². The summed E-state index contributed by atoms with van der Waals surface area (Å²) in [5.41, 5.74) is 0.665. The van der Waals surface area contributed by atoms with Gasteiger partial charge in [-0.1, -0.05) is 18.2 Å². The van der Waals surface area contributed by atoms with E-state index in [0.717, 1.165) is 17.7 Å². The van der Waals surface area contributed by atoms with Crippen LogP contribution in [0.2, 0.25) is 0 Å². The first-order chi connectivity index (χ1) is 9.67. The van der Waals surface area contributed by atoms with E-state index in [9.17, 15) is 9.59 Å². The minimum absolute atomic E-state index is 0.0650. The van der Waals surface area contributed by atoms with Crippen LogP contribution in [0, 0.1) is 0 Å². The van der Waals surface area contributed by atoms with E-state index in [4.69, 9.17) is 4.74 Å². The molecule has 1 aromatic rings. The zero-order valence-electron chi connectivity index (χ0n) is 11.3. The van der Waals surface area contributed by atoms with Crippen molar-refractivity contribution in [1.29, 1.82) is 0 Å². The third kappa shape index (κ3) is 2.00. The van der Waals surface area contributed by atoms with Gasteiger partial charge in [-0.3, -0.25) is 4.79 Å². The molecule has 0 aliphatic carbocycles. The van der Waals surface area contributed by atoms with E-state index in [1.165, 1.54) is 4.90 Å². The molecule has 106 valence electrons. The molecule has 1 spiro atoms. The van der Waals surface area contributed by atoms with Crippen LogP contribution < -0.4 is 5.32 Å². The van der Waals surface area contributed by atoms with Gasteiger partial charge in [0.1, 0.15) is 6.04 Å². The van der Waals surface area contributed by atoms with Crippen molar-refractivity contribution >= 4 is 23.6 Å². The summed E-state index contributed by atoms with van der Waals surface area (Å²) in [6, 6.07) is 7.50. The lowest BCUT2D eigenvalue weighted by molar-refractivity contribution is -0.147. The van der Waals surface area contributed by atoms with E-state index in [1.54, 1.807) is 18.7 Å². The highest BCUT2D eigenvalue weighted by molar-refractivity contribution is 7.99. The Morgan fingerprint density at radius 2 is 2.30 bits per heavy atom. The Kier molecular flexibility index (Phi) is 3.46. The molecule has 1 fully saturated rings. The first-order valence-electron chi connectivity index (χ1n) is 6.85. The number of carbonyl (C=O) groups excluding carboxylic acids is 2. The second-order valence-corrected chi connectivity index (χ2v) is 6.32. The zero-order chi connectivity index (χ0) is 14.2. The first-order valence-corrected chi connectivity index (χ1v) is 7.84. The fraction of sp³-hybridized carbons (Fsp3) is 0.467. The van der Waals surface area contributed by atoms with Crippen molar-refractivity contribution in [3.8, 4) is 0 Å². The first kappa shape index (κ1) is 13.5. The predicted octanol–water partition coefficient (Wildman–Crippen LogP) is 1.87. The van der Waals surface area contributed by atoms with Gasteiger partial charge in [-0.05, 0) is 30.7 Å².